The zero-order chi connectivity index (χ0) is 9.90. The Labute approximate surface area is 72.4 Å². The van der Waals surface area contributed by atoms with Crippen molar-refractivity contribution in [3.8, 4) is 0 Å². The van der Waals surface area contributed by atoms with E-state index in [9.17, 15) is 18.0 Å². The van der Waals surface area contributed by atoms with Gasteiger partial charge in [-0.1, -0.05) is 18.2 Å². The first-order valence-corrected chi connectivity index (χ1v) is 3.43. The topological polar surface area (TPSA) is 29.1 Å². The van der Waals surface area contributed by atoms with Crippen LogP contribution in [0.1, 0.15) is 0 Å². The molecule has 0 fully saturated rings. The molecule has 0 aliphatic carbocycles. The van der Waals surface area contributed by atoms with E-state index in [-0.39, 0.29) is 5.69 Å². The SMILES string of the molecule is O=C(N[14c]1ccccc1)C(F)(F)F. The summed E-state index contributed by atoms with van der Waals surface area (Å²) in [6.45, 7) is 0. The molecule has 0 saturated heterocycles. The molecule has 0 saturated carbocycles. The molecule has 5 heteroatoms. The molecule has 1 aromatic rings. The molecule has 1 rings (SSSR count). The number of rotatable bonds is 1. The van der Waals surface area contributed by atoms with E-state index in [1.165, 1.54) is 24.3 Å². The predicted molar refractivity (Wildman–Crippen MR) is 41.1 cm³/mol. The van der Waals surface area contributed by atoms with Gasteiger partial charge in [0.2, 0.25) is 0 Å². The lowest BCUT2D eigenvalue weighted by atomic mass is 10.5. The largest absolute Gasteiger partial charge is 0.471 e. The lowest BCUT2D eigenvalue weighted by Gasteiger charge is -2.06. The number of carbonyl (C=O) groups is 1. The van der Waals surface area contributed by atoms with Crippen LogP contribution in [0.25, 0.3) is 0 Å². The molecule has 1 aromatic carbocycles. The summed E-state index contributed by atoms with van der Waals surface area (Å²) in [4.78, 5) is 10.4. The van der Waals surface area contributed by atoms with E-state index in [1.807, 2.05) is 0 Å². The number of alkyl halides is 3. The molecule has 0 heterocycles. The second kappa shape index (κ2) is 3.47. The number of hydrogen-bond donors (Lipinski definition) is 1. The second-order valence-electron chi connectivity index (χ2n) is 2.32. The van der Waals surface area contributed by atoms with Crippen molar-refractivity contribution >= 4 is 11.6 Å². The molecular formula is C8H6F3NO. The first-order chi connectivity index (χ1) is 6.00. The van der Waals surface area contributed by atoms with Crippen LogP contribution in [0.4, 0.5) is 18.9 Å². The maximum absolute atomic E-state index is 11.7. The quantitative estimate of drug-likeness (QED) is 0.724. The van der Waals surface area contributed by atoms with Gasteiger partial charge in [0.1, 0.15) is 0 Å². The summed E-state index contributed by atoms with van der Waals surface area (Å²) in [5.74, 6) is -1.96. The third kappa shape index (κ3) is 2.77. The number of hydrogen-bond acceptors (Lipinski definition) is 1. The number of para-hydroxylation sites is 1. The molecule has 2 nitrogen and oxygen atoms in total. The lowest BCUT2D eigenvalue weighted by molar-refractivity contribution is -0.167. The van der Waals surface area contributed by atoms with Gasteiger partial charge in [-0.3, -0.25) is 4.79 Å². The van der Waals surface area contributed by atoms with Gasteiger partial charge in [-0.15, -0.1) is 0 Å². The molecule has 1 amide bonds. The highest BCUT2D eigenvalue weighted by atomic mass is 19.4. The highest BCUT2D eigenvalue weighted by Crippen LogP contribution is 2.17. The van der Waals surface area contributed by atoms with Gasteiger partial charge in [0.05, 0.1) is 0 Å². The molecule has 13 heavy (non-hydrogen) atoms. The molecule has 0 aromatic heterocycles. The molecule has 0 bridgehead atoms. The van der Waals surface area contributed by atoms with Crippen molar-refractivity contribution in [3.05, 3.63) is 30.3 Å². The number of nitrogens with one attached hydrogen (secondary N) is 1. The van der Waals surface area contributed by atoms with Crippen molar-refractivity contribution < 1.29 is 18.0 Å². The van der Waals surface area contributed by atoms with Crippen LogP contribution in [-0.4, -0.2) is 12.1 Å². The van der Waals surface area contributed by atoms with E-state index < -0.39 is 12.1 Å². The minimum Gasteiger partial charge on any atom is -0.318 e. The van der Waals surface area contributed by atoms with Gasteiger partial charge in [0, 0.05) is 5.69 Å². The molecular weight excluding hydrogens is 185 g/mol. The van der Waals surface area contributed by atoms with Crippen LogP contribution in [0.15, 0.2) is 30.3 Å². The van der Waals surface area contributed by atoms with Crippen molar-refractivity contribution in [2.75, 3.05) is 5.32 Å². The number of halogens is 3. The van der Waals surface area contributed by atoms with Crippen molar-refractivity contribution in [3.63, 3.8) is 0 Å². The van der Waals surface area contributed by atoms with Crippen LogP contribution >= 0.6 is 0 Å². The summed E-state index contributed by atoms with van der Waals surface area (Å²) in [6.07, 6.45) is -4.84. The maximum Gasteiger partial charge on any atom is 0.471 e. The van der Waals surface area contributed by atoms with E-state index in [4.69, 9.17) is 0 Å². The fourth-order valence-electron chi connectivity index (χ4n) is 0.723. The molecule has 1 N–H and O–H groups in total. The molecule has 70 valence electrons. The Morgan fingerprint density at radius 3 is 2.15 bits per heavy atom. The average Bonchev–Trinajstić information content (AvgIpc) is 2.04. The van der Waals surface area contributed by atoms with Crippen molar-refractivity contribution in [2.24, 2.45) is 0 Å². The van der Waals surface area contributed by atoms with E-state index >= 15 is 0 Å². The summed E-state index contributed by atoms with van der Waals surface area (Å²) < 4.78 is 35.2. The van der Waals surface area contributed by atoms with E-state index in [2.05, 4.69) is 0 Å². The first-order valence-electron chi connectivity index (χ1n) is 3.43. The Kier molecular flexibility index (Phi) is 2.55. The van der Waals surface area contributed by atoms with Crippen molar-refractivity contribution in [1.29, 1.82) is 0 Å². The summed E-state index contributed by atoms with van der Waals surface area (Å²) in [5.41, 5.74) is 0.129. The summed E-state index contributed by atoms with van der Waals surface area (Å²) >= 11 is 0. The van der Waals surface area contributed by atoms with Gasteiger partial charge in [0.15, 0.2) is 0 Å². The fourth-order valence-corrected chi connectivity index (χ4v) is 0.723. The van der Waals surface area contributed by atoms with Crippen molar-refractivity contribution in [1.82, 2.24) is 0 Å². The maximum atomic E-state index is 11.7. The third-order valence-electron chi connectivity index (χ3n) is 1.29. The molecule has 0 atom stereocenters. The van der Waals surface area contributed by atoms with E-state index in [0.717, 1.165) is 0 Å². The van der Waals surface area contributed by atoms with Gasteiger partial charge in [-0.2, -0.15) is 13.2 Å². The Balaban J connectivity index is 2.66. The third-order valence-corrected chi connectivity index (χ3v) is 1.29. The van der Waals surface area contributed by atoms with Crippen molar-refractivity contribution in [2.45, 2.75) is 6.18 Å². The lowest BCUT2D eigenvalue weighted by Crippen LogP contribution is -2.29. The Bertz CT molecular complexity index is 294. The highest BCUT2D eigenvalue weighted by molar-refractivity contribution is 5.94. The number of amides is 1. The van der Waals surface area contributed by atoms with Crippen LogP contribution in [0, 0.1) is 0 Å². The minimum atomic E-state index is -4.84. The van der Waals surface area contributed by atoms with Crippen LogP contribution in [-0.2, 0) is 4.79 Å². The van der Waals surface area contributed by atoms with Gasteiger partial charge in [-0.05, 0) is 12.1 Å². The summed E-state index contributed by atoms with van der Waals surface area (Å²) in [7, 11) is 0. The first kappa shape index (κ1) is 9.57. The molecule has 0 radical (unpaired) electrons. The zero-order valence-electron chi connectivity index (χ0n) is 6.43. The Hall–Kier alpha value is -1.52. The fraction of sp³-hybridized carbons (Fsp3) is 0.125. The minimum absolute atomic E-state index is 0.129. The number of benzene rings is 1. The summed E-state index contributed by atoms with van der Waals surface area (Å²) in [5, 5.41) is 1.72. The average molecular weight is 191 g/mol. The molecule has 0 aliphatic rings. The van der Waals surface area contributed by atoms with E-state index in [0.29, 0.717) is 0 Å². The Morgan fingerprint density at radius 1 is 1.15 bits per heavy atom. The smallest absolute Gasteiger partial charge is 0.318 e. The number of carbonyl (C=O) groups excluding carboxylic acids is 1. The Morgan fingerprint density at radius 2 is 1.69 bits per heavy atom. The standard InChI is InChI=1S/C8H6F3NO/c9-8(10,11)7(13)12-6-4-2-1-3-5-6/h1-5H,(H,12,13)/i6+2. The zero-order valence-corrected chi connectivity index (χ0v) is 6.43. The van der Waals surface area contributed by atoms with Gasteiger partial charge in [0.25, 0.3) is 0 Å². The van der Waals surface area contributed by atoms with Gasteiger partial charge in [-0.25, -0.2) is 0 Å². The highest BCUT2D eigenvalue weighted by Gasteiger charge is 2.38. The van der Waals surface area contributed by atoms with Crippen LogP contribution in [0.3, 0.4) is 0 Å². The normalized spacial score (nSPS) is 11.0. The second-order valence-corrected chi connectivity index (χ2v) is 2.32. The monoisotopic (exact) mass is 191 g/mol. The summed E-state index contributed by atoms with van der Waals surface area (Å²) in [6, 6.07) is 7.47. The van der Waals surface area contributed by atoms with Crippen LogP contribution in [0.2, 0.25) is 0 Å². The predicted octanol–water partition coefficient (Wildman–Crippen LogP) is 2.19. The van der Waals surface area contributed by atoms with Crippen LogP contribution < -0.4 is 5.32 Å². The van der Waals surface area contributed by atoms with Crippen LogP contribution in [0.5, 0.6) is 0 Å². The molecule has 0 unspecified atom stereocenters. The molecule has 0 aliphatic heterocycles. The van der Waals surface area contributed by atoms with Gasteiger partial charge >= 0.3 is 12.1 Å². The number of anilines is 1. The van der Waals surface area contributed by atoms with E-state index in [1.54, 1.807) is 11.4 Å². The van der Waals surface area contributed by atoms with Gasteiger partial charge < -0.3 is 5.32 Å². The molecule has 0 spiro atoms.